The van der Waals surface area contributed by atoms with Gasteiger partial charge in [0.15, 0.2) is 0 Å². The van der Waals surface area contributed by atoms with Gasteiger partial charge < -0.3 is 15.5 Å². The van der Waals surface area contributed by atoms with E-state index in [0.29, 0.717) is 17.8 Å². The molecule has 0 unspecified atom stereocenters. The number of carbonyl (C=O) groups is 1. The number of hydrogen-bond acceptors (Lipinski definition) is 5. The third kappa shape index (κ3) is 4.47. The minimum atomic E-state index is -0.220. The molecule has 33 heavy (non-hydrogen) atoms. The molecule has 3 N–H and O–H groups in total. The first-order valence-corrected chi connectivity index (χ1v) is 11.2. The van der Waals surface area contributed by atoms with Crippen LogP contribution in [0.2, 0.25) is 0 Å². The van der Waals surface area contributed by atoms with Gasteiger partial charge in [-0.25, -0.2) is 4.99 Å². The lowest BCUT2D eigenvalue weighted by Crippen LogP contribution is -2.22. The lowest BCUT2D eigenvalue weighted by molar-refractivity contribution is 0.0951. The fourth-order valence-corrected chi connectivity index (χ4v) is 4.71. The maximum Gasteiger partial charge on any atom is 0.251 e. The van der Waals surface area contributed by atoms with Crippen molar-refractivity contribution < 1.29 is 15.0 Å². The first-order valence-electron chi connectivity index (χ1n) is 10.4. The maximum atomic E-state index is 12.8. The predicted octanol–water partition coefficient (Wildman–Crippen LogP) is 5.66. The van der Waals surface area contributed by atoms with E-state index in [4.69, 9.17) is 4.99 Å². The van der Waals surface area contributed by atoms with Crippen molar-refractivity contribution in [2.45, 2.75) is 16.3 Å². The zero-order valence-corrected chi connectivity index (χ0v) is 18.3. The van der Waals surface area contributed by atoms with Crippen molar-refractivity contribution in [2.75, 3.05) is 0 Å². The van der Waals surface area contributed by atoms with Crippen LogP contribution >= 0.6 is 11.8 Å². The van der Waals surface area contributed by atoms with Gasteiger partial charge in [-0.1, -0.05) is 54.2 Å². The van der Waals surface area contributed by atoms with Gasteiger partial charge in [-0.05, 0) is 54.1 Å². The average molecular weight is 453 g/mol. The Hall–Kier alpha value is -4.03. The molecule has 0 radical (unpaired) electrons. The van der Waals surface area contributed by atoms with E-state index in [1.165, 1.54) is 0 Å². The van der Waals surface area contributed by atoms with Gasteiger partial charge in [0.1, 0.15) is 11.5 Å². The summed E-state index contributed by atoms with van der Waals surface area (Å²) in [5.74, 6) is 0.115. The molecular formula is C27H20N2O3S. The number of aromatic hydroxyl groups is 2. The van der Waals surface area contributed by atoms with Crippen molar-refractivity contribution in [1.29, 1.82) is 0 Å². The van der Waals surface area contributed by atoms with Gasteiger partial charge >= 0.3 is 0 Å². The van der Waals surface area contributed by atoms with E-state index in [-0.39, 0.29) is 17.4 Å². The molecular weight excluding hydrogens is 432 g/mol. The SMILES string of the molecule is O=C(NCc1cccc(O)c1)c1ccc2c(c1)N=C(c1cccc(O)c1)c1ccccc1S2. The van der Waals surface area contributed by atoms with Gasteiger partial charge in [-0.15, -0.1) is 0 Å². The van der Waals surface area contributed by atoms with E-state index < -0.39 is 0 Å². The zero-order chi connectivity index (χ0) is 22.8. The second-order valence-corrected chi connectivity index (χ2v) is 8.73. The van der Waals surface area contributed by atoms with Gasteiger partial charge in [-0.2, -0.15) is 0 Å². The van der Waals surface area contributed by atoms with Gasteiger partial charge in [0.2, 0.25) is 0 Å². The summed E-state index contributed by atoms with van der Waals surface area (Å²) in [7, 11) is 0. The Kier molecular flexibility index (Phi) is 5.59. The highest BCUT2D eigenvalue weighted by Gasteiger charge is 2.20. The molecule has 0 bridgehead atoms. The Balaban J connectivity index is 1.50. The van der Waals surface area contributed by atoms with E-state index in [1.807, 2.05) is 42.5 Å². The molecule has 1 aliphatic heterocycles. The molecule has 0 aromatic heterocycles. The summed E-state index contributed by atoms with van der Waals surface area (Å²) in [5, 5.41) is 22.5. The van der Waals surface area contributed by atoms with Crippen LogP contribution in [0.5, 0.6) is 11.5 Å². The number of phenolic OH excluding ortho intramolecular Hbond substituents is 2. The van der Waals surface area contributed by atoms with Crippen LogP contribution in [0.1, 0.15) is 27.0 Å². The molecule has 4 aromatic carbocycles. The van der Waals surface area contributed by atoms with E-state index >= 15 is 0 Å². The molecule has 0 saturated carbocycles. The summed E-state index contributed by atoms with van der Waals surface area (Å²) in [6.07, 6.45) is 0. The first kappa shape index (κ1) is 20.8. The summed E-state index contributed by atoms with van der Waals surface area (Å²) < 4.78 is 0. The molecule has 0 atom stereocenters. The average Bonchev–Trinajstić information content (AvgIpc) is 2.99. The number of carbonyl (C=O) groups excluding carboxylic acids is 1. The van der Waals surface area contributed by atoms with Gasteiger partial charge in [0.05, 0.1) is 11.4 Å². The summed E-state index contributed by atoms with van der Waals surface area (Å²) in [4.78, 5) is 19.8. The number of benzene rings is 4. The summed E-state index contributed by atoms with van der Waals surface area (Å²) in [6.45, 7) is 0.308. The van der Waals surface area contributed by atoms with E-state index in [9.17, 15) is 15.0 Å². The molecule has 0 fully saturated rings. The third-order valence-corrected chi connectivity index (χ3v) is 6.44. The number of nitrogens with one attached hydrogen (secondary N) is 1. The number of fused-ring (bicyclic) bond motifs is 2. The fraction of sp³-hybridized carbons (Fsp3) is 0.0370. The summed E-state index contributed by atoms with van der Waals surface area (Å²) >= 11 is 1.60. The number of rotatable bonds is 4. The highest BCUT2D eigenvalue weighted by Crippen LogP contribution is 2.41. The van der Waals surface area contributed by atoms with E-state index in [0.717, 1.165) is 32.2 Å². The number of phenols is 2. The van der Waals surface area contributed by atoms with Crippen molar-refractivity contribution >= 4 is 29.1 Å². The van der Waals surface area contributed by atoms with E-state index in [2.05, 4.69) is 5.32 Å². The van der Waals surface area contributed by atoms with Crippen LogP contribution in [0.3, 0.4) is 0 Å². The van der Waals surface area contributed by atoms with Crippen LogP contribution < -0.4 is 5.32 Å². The largest absolute Gasteiger partial charge is 0.508 e. The Bertz CT molecular complexity index is 1400. The van der Waals surface area contributed by atoms with Crippen molar-refractivity contribution in [1.82, 2.24) is 5.32 Å². The lowest BCUT2D eigenvalue weighted by Gasteiger charge is -2.09. The first-order chi connectivity index (χ1) is 16.1. The topological polar surface area (TPSA) is 81.9 Å². The Morgan fingerprint density at radius 2 is 1.61 bits per heavy atom. The Labute approximate surface area is 195 Å². The molecule has 4 aromatic rings. The van der Waals surface area contributed by atoms with Gasteiger partial charge in [-0.3, -0.25) is 4.79 Å². The minimum absolute atomic E-state index is 0.164. The van der Waals surface area contributed by atoms with Crippen LogP contribution in [0.4, 0.5) is 5.69 Å². The second-order valence-electron chi connectivity index (χ2n) is 7.64. The number of aliphatic imine (C=N–C) groups is 1. The van der Waals surface area contributed by atoms with Crippen LogP contribution in [0, 0.1) is 0 Å². The quantitative estimate of drug-likeness (QED) is 0.329. The highest BCUT2D eigenvalue weighted by atomic mass is 32.2. The molecule has 6 heteroatoms. The molecule has 0 aliphatic carbocycles. The van der Waals surface area contributed by atoms with E-state index in [1.54, 1.807) is 60.3 Å². The summed E-state index contributed by atoms with van der Waals surface area (Å²) in [6, 6.07) is 27.3. The minimum Gasteiger partial charge on any atom is -0.508 e. The summed E-state index contributed by atoms with van der Waals surface area (Å²) in [5.41, 5.74) is 4.52. The predicted molar refractivity (Wildman–Crippen MR) is 130 cm³/mol. The van der Waals surface area contributed by atoms with Gasteiger partial charge in [0.25, 0.3) is 5.91 Å². The molecule has 5 rings (SSSR count). The molecule has 1 aliphatic rings. The molecule has 0 spiro atoms. The molecule has 0 saturated heterocycles. The number of nitrogens with zero attached hydrogens (tertiary/aromatic N) is 1. The van der Waals surface area contributed by atoms with Crippen LogP contribution in [-0.2, 0) is 6.54 Å². The number of amides is 1. The van der Waals surface area contributed by atoms with Crippen molar-refractivity contribution in [2.24, 2.45) is 4.99 Å². The van der Waals surface area contributed by atoms with Crippen molar-refractivity contribution in [3.05, 3.63) is 113 Å². The van der Waals surface area contributed by atoms with Crippen LogP contribution in [-0.4, -0.2) is 21.8 Å². The molecule has 1 amide bonds. The Morgan fingerprint density at radius 1 is 0.818 bits per heavy atom. The monoisotopic (exact) mass is 452 g/mol. The second kappa shape index (κ2) is 8.84. The standard InChI is InChI=1S/C27H20N2O3S/c30-20-7-3-5-17(13-20)16-28-27(32)19-11-12-25-23(15-19)29-26(18-6-4-8-21(31)14-18)22-9-1-2-10-24(22)33-25/h1-15,30-31H,16H2,(H,28,32). The van der Waals surface area contributed by atoms with Crippen molar-refractivity contribution in [3.63, 3.8) is 0 Å². The molecule has 1 heterocycles. The highest BCUT2D eigenvalue weighted by molar-refractivity contribution is 7.99. The van der Waals surface area contributed by atoms with Gasteiger partial charge in [0, 0.05) is 33.0 Å². The lowest BCUT2D eigenvalue weighted by atomic mass is 10.0. The smallest absolute Gasteiger partial charge is 0.251 e. The molecule has 5 nitrogen and oxygen atoms in total. The normalized spacial score (nSPS) is 12.2. The van der Waals surface area contributed by atoms with Crippen LogP contribution in [0.25, 0.3) is 0 Å². The maximum absolute atomic E-state index is 12.8. The van der Waals surface area contributed by atoms with Crippen molar-refractivity contribution in [3.8, 4) is 11.5 Å². The zero-order valence-electron chi connectivity index (χ0n) is 17.5. The molecule has 162 valence electrons. The third-order valence-electron chi connectivity index (χ3n) is 5.30. The number of hydrogen-bond donors (Lipinski definition) is 3. The van der Waals surface area contributed by atoms with Crippen LogP contribution in [0.15, 0.2) is 106 Å². The fourth-order valence-electron chi connectivity index (χ4n) is 3.71. The Morgan fingerprint density at radius 3 is 2.42 bits per heavy atom.